The van der Waals surface area contributed by atoms with Crippen LogP contribution in [0.3, 0.4) is 0 Å². The number of nitrogens with one attached hydrogen (secondary N) is 2. The normalized spacial score (nSPS) is 28.4. The molecule has 0 spiro atoms. The van der Waals surface area contributed by atoms with Crippen molar-refractivity contribution in [2.75, 3.05) is 25.1 Å². The van der Waals surface area contributed by atoms with Crippen molar-refractivity contribution in [1.29, 1.82) is 0 Å². The summed E-state index contributed by atoms with van der Waals surface area (Å²) in [5, 5.41) is 6.90. The Hall–Kier alpha value is -1.96. The lowest BCUT2D eigenvalue weighted by molar-refractivity contribution is 0.0674. The van der Waals surface area contributed by atoms with Gasteiger partial charge in [-0.1, -0.05) is 13.8 Å². The van der Waals surface area contributed by atoms with Crippen LogP contribution in [0, 0.1) is 5.92 Å². The van der Waals surface area contributed by atoms with Crippen LogP contribution in [-0.4, -0.2) is 54.0 Å². The highest BCUT2D eigenvalue weighted by molar-refractivity contribution is 5.53. The Kier molecular flexibility index (Phi) is 4.70. The molecule has 2 aromatic rings. The van der Waals surface area contributed by atoms with E-state index < -0.39 is 0 Å². The number of hydrogen-bond acceptors (Lipinski definition) is 7. The number of aromatic nitrogens is 2. The average molecular weight is 344 g/mol. The van der Waals surface area contributed by atoms with Gasteiger partial charge in [0.1, 0.15) is 17.9 Å². The molecule has 7 heteroatoms. The minimum absolute atomic E-state index is 0.0144. The third-order valence-corrected chi connectivity index (χ3v) is 4.59. The molecule has 0 unspecified atom stereocenters. The Morgan fingerprint density at radius 2 is 1.96 bits per heavy atom. The van der Waals surface area contributed by atoms with E-state index in [2.05, 4.69) is 34.4 Å². The third kappa shape index (κ3) is 3.53. The predicted molar refractivity (Wildman–Crippen MR) is 93.3 cm³/mol. The quantitative estimate of drug-likeness (QED) is 0.828. The maximum absolute atomic E-state index is 5.99. The SMILES string of the molecule is CC(C)CN[C@@H]1CO[C@@H]2[C@@H]1OC[C@@H]2Nc1nccc(-c2ccco2)n1. The number of fused-ring (bicyclic) bond motifs is 1. The number of anilines is 1. The number of hydrogen-bond donors (Lipinski definition) is 2. The van der Waals surface area contributed by atoms with Crippen molar-refractivity contribution in [1.82, 2.24) is 15.3 Å². The molecular weight excluding hydrogens is 320 g/mol. The average Bonchev–Trinajstić information content (AvgIpc) is 3.33. The fourth-order valence-electron chi connectivity index (χ4n) is 3.34. The summed E-state index contributed by atoms with van der Waals surface area (Å²) >= 11 is 0. The van der Waals surface area contributed by atoms with Crippen molar-refractivity contribution in [2.45, 2.75) is 38.1 Å². The molecule has 2 aromatic heterocycles. The van der Waals surface area contributed by atoms with Crippen molar-refractivity contribution < 1.29 is 13.9 Å². The first-order valence-electron chi connectivity index (χ1n) is 8.81. The Balaban J connectivity index is 1.40. The van der Waals surface area contributed by atoms with Crippen molar-refractivity contribution in [3.05, 3.63) is 30.7 Å². The standard InChI is InChI=1S/C18H24N4O3/c1-11(2)8-20-13-9-24-17-14(10-25-16(13)17)22-18-19-6-5-12(21-18)15-4-3-7-23-15/h3-7,11,13-14,16-17,20H,8-10H2,1-2H3,(H,19,21,22)/t13-,14+,16-,17+/m1/s1. The zero-order valence-electron chi connectivity index (χ0n) is 14.5. The van der Waals surface area contributed by atoms with Crippen LogP contribution in [0.25, 0.3) is 11.5 Å². The van der Waals surface area contributed by atoms with E-state index in [9.17, 15) is 0 Å². The third-order valence-electron chi connectivity index (χ3n) is 4.59. The van der Waals surface area contributed by atoms with E-state index in [1.807, 2.05) is 18.2 Å². The van der Waals surface area contributed by atoms with E-state index in [0.29, 0.717) is 25.1 Å². The van der Waals surface area contributed by atoms with Crippen molar-refractivity contribution in [3.63, 3.8) is 0 Å². The largest absolute Gasteiger partial charge is 0.463 e. The van der Waals surface area contributed by atoms with Gasteiger partial charge in [0.2, 0.25) is 5.95 Å². The van der Waals surface area contributed by atoms with E-state index in [4.69, 9.17) is 13.9 Å². The van der Waals surface area contributed by atoms with Crippen LogP contribution >= 0.6 is 0 Å². The van der Waals surface area contributed by atoms with E-state index in [1.54, 1.807) is 12.5 Å². The molecule has 4 atom stereocenters. The monoisotopic (exact) mass is 344 g/mol. The fourth-order valence-corrected chi connectivity index (χ4v) is 3.34. The minimum atomic E-state index is 0.0144. The van der Waals surface area contributed by atoms with Gasteiger partial charge in [-0.25, -0.2) is 9.97 Å². The Morgan fingerprint density at radius 1 is 1.16 bits per heavy atom. The number of ether oxygens (including phenoxy) is 2. The summed E-state index contributed by atoms with van der Waals surface area (Å²) in [6.07, 6.45) is 3.45. The second kappa shape index (κ2) is 7.11. The van der Waals surface area contributed by atoms with E-state index in [-0.39, 0.29) is 24.3 Å². The van der Waals surface area contributed by atoms with Crippen LogP contribution in [0.15, 0.2) is 35.1 Å². The van der Waals surface area contributed by atoms with Gasteiger partial charge in [-0.05, 0) is 30.7 Å². The first-order valence-corrected chi connectivity index (χ1v) is 8.81. The van der Waals surface area contributed by atoms with Gasteiger partial charge in [-0.3, -0.25) is 0 Å². The zero-order chi connectivity index (χ0) is 17.2. The smallest absolute Gasteiger partial charge is 0.223 e. The molecule has 2 aliphatic rings. The molecule has 0 amide bonds. The van der Waals surface area contributed by atoms with Crippen LogP contribution < -0.4 is 10.6 Å². The molecule has 0 aromatic carbocycles. The van der Waals surface area contributed by atoms with E-state index in [1.165, 1.54) is 0 Å². The summed E-state index contributed by atoms with van der Waals surface area (Å²) in [6, 6.07) is 5.84. The molecule has 2 N–H and O–H groups in total. The second-order valence-corrected chi connectivity index (χ2v) is 7.00. The summed E-state index contributed by atoms with van der Waals surface area (Å²) in [6.45, 7) is 6.62. The molecule has 2 aliphatic heterocycles. The molecule has 25 heavy (non-hydrogen) atoms. The van der Waals surface area contributed by atoms with Crippen LogP contribution in [0.4, 0.5) is 5.95 Å². The molecule has 7 nitrogen and oxygen atoms in total. The molecule has 4 rings (SSSR count). The van der Waals surface area contributed by atoms with E-state index >= 15 is 0 Å². The zero-order valence-corrected chi connectivity index (χ0v) is 14.5. The second-order valence-electron chi connectivity index (χ2n) is 7.00. The summed E-state index contributed by atoms with van der Waals surface area (Å²) < 4.78 is 17.4. The van der Waals surface area contributed by atoms with Crippen LogP contribution in [0.5, 0.6) is 0 Å². The molecule has 2 saturated heterocycles. The highest BCUT2D eigenvalue weighted by Gasteiger charge is 2.47. The van der Waals surface area contributed by atoms with Gasteiger partial charge in [0.15, 0.2) is 5.76 Å². The first-order chi connectivity index (χ1) is 12.2. The molecule has 2 fully saturated rings. The van der Waals surface area contributed by atoms with Gasteiger partial charge in [-0.15, -0.1) is 0 Å². The van der Waals surface area contributed by atoms with Crippen LogP contribution in [0.2, 0.25) is 0 Å². The lowest BCUT2D eigenvalue weighted by atomic mass is 10.1. The number of rotatable bonds is 6. The Labute approximate surface area is 147 Å². The van der Waals surface area contributed by atoms with Crippen LogP contribution in [-0.2, 0) is 9.47 Å². The van der Waals surface area contributed by atoms with Crippen molar-refractivity contribution in [2.24, 2.45) is 5.92 Å². The lowest BCUT2D eigenvalue weighted by Gasteiger charge is -2.19. The molecule has 0 bridgehead atoms. The summed E-state index contributed by atoms with van der Waals surface area (Å²) in [4.78, 5) is 8.84. The fraction of sp³-hybridized carbons (Fsp3) is 0.556. The molecule has 134 valence electrons. The van der Waals surface area contributed by atoms with Gasteiger partial charge in [0, 0.05) is 6.20 Å². The Bertz CT molecular complexity index is 691. The maximum atomic E-state index is 5.99. The summed E-state index contributed by atoms with van der Waals surface area (Å²) in [5.41, 5.74) is 0.752. The van der Waals surface area contributed by atoms with E-state index in [0.717, 1.165) is 18.0 Å². The van der Waals surface area contributed by atoms with Gasteiger partial charge in [0.05, 0.1) is 31.6 Å². The Morgan fingerprint density at radius 3 is 2.72 bits per heavy atom. The first kappa shape index (κ1) is 16.5. The molecule has 4 heterocycles. The van der Waals surface area contributed by atoms with Gasteiger partial charge < -0.3 is 24.5 Å². The molecule has 0 aliphatic carbocycles. The van der Waals surface area contributed by atoms with Crippen molar-refractivity contribution in [3.8, 4) is 11.5 Å². The molecular formula is C18H24N4O3. The predicted octanol–water partition coefficient (Wildman–Crippen LogP) is 1.93. The number of furan rings is 1. The number of nitrogens with zero attached hydrogens (tertiary/aromatic N) is 2. The van der Waals surface area contributed by atoms with Gasteiger partial charge in [0.25, 0.3) is 0 Å². The highest BCUT2D eigenvalue weighted by atomic mass is 16.6. The highest BCUT2D eigenvalue weighted by Crippen LogP contribution is 2.29. The summed E-state index contributed by atoms with van der Waals surface area (Å²) in [7, 11) is 0. The topological polar surface area (TPSA) is 81.4 Å². The molecule has 0 saturated carbocycles. The van der Waals surface area contributed by atoms with Gasteiger partial charge in [-0.2, -0.15) is 0 Å². The van der Waals surface area contributed by atoms with Crippen LogP contribution in [0.1, 0.15) is 13.8 Å². The summed E-state index contributed by atoms with van der Waals surface area (Å²) in [5.74, 6) is 1.89. The maximum Gasteiger partial charge on any atom is 0.223 e. The van der Waals surface area contributed by atoms with Gasteiger partial charge >= 0.3 is 0 Å². The molecule has 0 radical (unpaired) electrons. The van der Waals surface area contributed by atoms with Crippen molar-refractivity contribution >= 4 is 5.95 Å². The minimum Gasteiger partial charge on any atom is -0.463 e. The lowest BCUT2D eigenvalue weighted by Crippen LogP contribution is -2.43.